The summed E-state index contributed by atoms with van der Waals surface area (Å²) in [4.78, 5) is 0. The summed E-state index contributed by atoms with van der Waals surface area (Å²) < 4.78 is 2.54. The van der Waals surface area contributed by atoms with E-state index in [1.165, 1.54) is 25.9 Å². The van der Waals surface area contributed by atoms with Gasteiger partial charge in [0.05, 0.1) is 0 Å². The predicted octanol–water partition coefficient (Wildman–Crippen LogP) is 0.636. The van der Waals surface area contributed by atoms with Crippen LogP contribution in [0, 0.1) is 0 Å². The average Bonchev–Trinajstić information content (AvgIpc) is 2.15. The fraction of sp³-hybridized carbons (Fsp3) is 1.00. The smallest absolute Gasteiger partial charge is 0.141 e. The number of hydrogen-bond acceptors (Lipinski definition) is 1. The van der Waals surface area contributed by atoms with Gasteiger partial charge in [-0.3, -0.25) is 0 Å². The van der Waals surface area contributed by atoms with Crippen LogP contribution >= 0.6 is 0 Å². The molecule has 5 radical (unpaired) electrons. The Morgan fingerprint density at radius 1 is 1.44 bits per heavy atom. The number of rotatable bonds is 2. The Kier molecular flexibility index (Phi) is 2.95. The van der Waals surface area contributed by atoms with Gasteiger partial charge < -0.3 is 4.57 Å². The first-order chi connectivity index (χ1) is 4.29. The van der Waals surface area contributed by atoms with Crippen LogP contribution in [0.5, 0.6) is 0 Å². The van der Waals surface area contributed by atoms with Crippen molar-refractivity contribution in [2.45, 2.75) is 24.9 Å². The molecule has 1 aliphatic rings. The molecule has 1 saturated heterocycles. The molecule has 3 heteroatoms. The van der Waals surface area contributed by atoms with E-state index in [-0.39, 0.29) is 0 Å². The molecular formula is C6H12NSi2. The van der Waals surface area contributed by atoms with E-state index in [9.17, 15) is 0 Å². The van der Waals surface area contributed by atoms with Crippen LogP contribution in [0.25, 0.3) is 0 Å². The van der Waals surface area contributed by atoms with Crippen molar-refractivity contribution < 1.29 is 0 Å². The minimum absolute atomic E-state index is 0.683. The van der Waals surface area contributed by atoms with Crippen LogP contribution in [0.4, 0.5) is 0 Å². The van der Waals surface area contributed by atoms with Gasteiger partial charge >= 0.3 is 0 Å². The molecule has 0 saturated carbocycles. The third-order valence-corrected chi connectivity index (χ3v) is 3.07. The second-order valence-electron chi connectivity index (χ2n) is 2.54. The first kappa shape index (κ1) is 7.50. The van der Waals surface area contributed by atoms with E-state index >= 15 is 0 Å². The molecule has 1 nitrogen and oxygen atoms in total. The van der Waals surface area contributed by atoms with Gasteiger partial charge in [-0.1, -0.05) is 6.92 Å². The van der Waals surface area contributed by atoms with Crippen LogP contribution in [-0.4, -0.2) is 37.6 Å². The Labute approximate surface area is 63.1 Å². The van der Waals surface area contributed by atoms with Crippen LogP contribution < -0.4 is 0 Å². The lowest BCUT2D eigenvalue weighted by molar-refractivity contribution is 0.548. The molecule has 1 aliphatic heterocycles. The van der Waals surface area contributed by atoms with E-state index in [0.717, 1.165) is 9.68 Å². The summed E-state index contributed by atoms with van der Waals surface area (Å²) in [5.41, 5.74) is 0. The van der Waals surface area contributed by atoms with Crippen molar-refractivity contribution in [3.8, 4) is 0 Å². The molecule has 1 rings (SSSR count). The largest absolute Gasteiger partial charge is 0.325 e. The summed E-state index contributed by atoms with van der Waals surface area (Å²) in [7, 11) is 4.59. The quantitative estimate of drug-likeness (QED) is 0.528. The highest BCUT2D eigenvalue weighted by molar-refractivity contribution is 6.47. The Balaban J connectivity index is 2.11. The van der Waals surface area contributed by atoms with Crippen molar-refractivity contribution >= 4 is 19.9 Å². The lowest BCUT2D eigenvalue weighted by Gasteiger charge is -2.14. The first-order valence-corrected chi connectivity index (χ1v) is 5.11. The molecule has 0 N–H and O–H groups in total. The van der Waals surface area contributed by atoms with Gasteiger partial charge in [0.1, 0.15) is 9.68 Å². The van der Waals surface area contributed by atoms with Crippen molar-refractivity contribution in [1.29, 1.82) is 0 Å². The molecule has 9 heavy (non-hydrogen) atoms. The third-order valence-electron chi connectivity index (χ3n) is 1.48. The SMILES string of the molecule is CC([Si])[Si]N1CCCC1. The molecule has 1 heterocycles. The van der Waals surface area contributed by atoms with Gasteiger partial charge in [0.15, 0.2) is 0 Å². The lowest BCUT2D eigenvalue weighted by Crippen LogP contribution is -2.26. The van der Waals surface area contributed by atoms with Gasteiger partial charge in [0, 0.05) is 10.2 Å². The summed E-state index contributed by atoms with van der Waals surface area (Å²) in [6, 6.07) is 0. The van der Waals surface area contributed by atoms with Crippen LogP contribution in [-0.2, 0) is 0 Å². The maximum absolute atomic E-state index is 3.60. The van der Waals surface area contributed by atoms with E-state index in [1.807, 2.05) is 0 Å². The molecule has 0 aromatic heterocycles. The van der Waals surface area contributed by atoms with Crippen molar-refractivity contribution in [3.05, 3.63) is 0 Å². The first-order valence-electron chi connectivity index (χ1n) is 3.51. The van der Waals surface area contributed by atoms with Crippen LogP contribution in [0.2, 0.25) is 5.16 Å². The monoisotopic (exact) mass is 154 g/mol. The van der Waals surface area contributed by atoms with E-state index in [1.54, 1.807) is 0 Å². The molecule has 1 atom stereocenters. The van der Waals surface area contributed by atoms with Gasteiger partial charge in [0.25, 0.3) is 0 Å². The van der Waals surface area contributed by atoms with Crippen molar-refractivity contribution in [3.63, 3.8) is 0 Å². The topological polar surface area (TPSA) is 3.24 Å². The van der Waals surface area contributed by atoms with Crippen LogP contribution in [0.1, 0.15) is 19.8 Å². The summed E-state index contributed by atoms with van der Waals surface area (Å²) in [6.45, 7) is 4.87. The van der Waals surface area contributed by atoms with Crippen molar-refractivity contribution in [1.82, 2.24) is 4.57 Å². The standard InChI is InChI=1S/C6H12NSi2/c1-6(8)9-7-4-2-3-5-7/h6H,2-5H2,1H3. The molecule has 0 aromatic rings. The van der Waals surface area contributed by atoms with Crippen molar-refractivity contribution in [2.24, 2.45) is 0 Å². The average molecular weight is 154 g/mol. The van der Waals surface area contributed by atoms with Gasteiger partial charge in [-0.25, -0.2) is 0 Å². The second-order valence-corrected chi connectivity index (χ2v) is 5.74. The number of nitrogens with zero attached hydrogens (tertiary/aromatic N) is 1. The highest BCUT2D eigenvalue weighted by Gasteiger charge is 2.12. The molecule has 49 valence electrons. The maximum Gasteiger partial charge on any atom is 0.141 e. The Morgan fingerprint density at radius 3 is 2.44 bits per heavy atom. The minimum Gasteiger partial charge on any atom is -0.325 e. The van der Waals surface area contributed by atoms with E-state index < -0.39 is 0 Å². The summed E-state index contributed by atoms with van der Waals surface area (Å²) in [5, 5.41) is 0.683. The van der Waals surface area contributed by atoms with E-state index in [2.05, 4.69) is 21.7 Å². The molecule has 1 unspecified atom stereocenters. The number of hydrogen-bond donors (Lipinski definition) is 0. The zero-order chi connectivity index (χ0) is 6.69. The van der Waals surface area contributed by atoms with E-state index in [4.69, 9.17) is 0 Å². The zero-order valence-electron chi connectivity index (χ0n) is 5.85. The van der Waals surface area contributed by atoms with Gasteiger partial charge in [-0.2, -0.15) is 0 Å². The Hall–Kier alpha value is 0.394. The highest BCUT2D eigenvalue weighted by Crippen LogP contribution is 2.08. The second kappa shape index (κ2) is 3.53. The fourth-order valence-electron chi connectivity index (χ4n) is 1.12. The summed E-state index contributed by atoms with van der Waals surface area (Å²) in [6.07, 6.45) is 2.82. The molecule has 0 aliphatic carbocycles. The highest BCUT2D eigenvalue weighted by atomic mass is 28.3. The lowest BCUT2D eigenvalue weighted by atomic mass is 10.4. The van der Waals surface area contributed by atoms with E-state index in [0.29, 0.717) is 5.16 Å². The molecule has 0 aromatic carbocycles. The zero-order valence-corrected chi connectivity index (χ0v) is 7.85. The van der Waals surface area contributed by atoms with Crippen LogP contribution in [0.3, 0.4) is 0 Å². The Morgan fingerprint density at radius 2 is 2.00 bits per heavy atom. The maximum atomic E-state index is 3.60. The summed E-state index contributed by atoms with van der Waals surface area (Å²) in [5.74, 6) is 0. The molecule has 0 spiro atoms. The van der Waals surface area contributed by atoms with Gasteiger partial charge in [0.2, 0.25) is 0 Å². The van der Waals surface area contributed by atoms with Gasteiger partial charge in [-0.05, 0) is 31.1 Å². The fourth-order valence-corrected chi connectivity index (χ4v) is 2.79. The van der Waals surface area contributed by atoms with Gasteiger partial charge in [-0.15, -0.1) is 0 Å². The molecule has 0 amide bonds. The summed E-state index contributed by atoms with van der Waals surface area (Å²) >= 11 is 0. The van der Waals surface area contributed by atoms with Crippen molar-refractivity contribution in [2.75, 3.05) is 13.1 Å². The van der Waals surface area contributed by atoms with Crippen LogP contribution in [0.15, 0.2) is 0 Å². The normalized spacial score (nSPS) is 24.7. The molecular weight excluding hydrogens is 142 g/mol. The molecule has 1 fully saturated rings. The third kappa shape index (κ3) is 2.64. The Bertz CT molecular complexity index is 79.1. The molecule has 0 bridgehead atoms. The minimum atomic E-state index is 0.683. The predicted molar refractivity (Wildman–Crippen MR) is 41.7 cm³/mol.